The van der Waals surface area contributed by atoms with Crippen LogP contribution in [-0.2, 0) is 0 Å². The van der Waals surface area contributed by atoms with Crippen LogP contribution in [0.2, 0.25) is 0 Å². The quantitative estimate of drug-likeness (QED) is 0.761. The van der Waals surface area contributed by atoms with Gasteiger partial charge in [0.2, 0.25) is 0 Å². The molecule has 1 amide bonds. The summed E-state index contributed by atoms with van der Waals surface area (Å²) in [6.45, 7) is 7.55. The van der Waals surface area contributed by atoms with Crippen LogP contribution in [0.15, 0.2) is 23.3 Å². The number of benzene rings is 1. The predicted octanol–water partition coefficient (Wildman–Crippen LogP) is 4.62. The number of phenols is 1. The van der Waals surface area contributed by atoms with Crippen LogP contribution in [-0.4, -0.2) is 38.7 Å². The Morgan fingerprint density at radius 1 is 1.34 bits per heavy atom. The number of para-hydroxylation sites is 1. The number of carbonyl (C=O) groups is 1. The number of rotatable bonds is 3. The van der Waals surface area contributed by atoms with Gasteiger partial charge >= 0.3 is 6.18 Å². The zero-order valence-electron chi connectivity index (χ0n) is 17.0. The van der Waals surface area contributed by atoms with Gasteiger partial charge in [-0.3, -0.25) is 4.79 Å². The van der Waals surface area contributed by atoms with E-state index in [-0.39, 0.29) is 34.0 Å². The highest BCUT2D eigenvalue weighted by Crippen LogP contribution is 2.52. The number of phenolic OH excluding ortho intramolecular Hbond substituents is 1. The molecule has 3 rings (SSSR count). The lowest BCUT2D eigenvalue weighted by Crippen LogP contribution is -2.62. The Balaban J connectivity index is 2.04. The van der Waals surface area contributed by atoms with E-state index in [1.54, 1.807) is 0 Å². The number of aryl methyl sites for hydroxylation is 1. The van der Waals surface area contributed by atoms with Crippen LogP contribution in [0.3, 0.4) is 0 Å². The molecule has 1 aromatic carbocycles. The number of hydrogen-bond acceptors (Lipinski definition) is 4. The lowest BCUT2D eigenvalue weighted by atomic mass is 9.64. The number of aromatic hydroxyl groups is 1. The van der Waals surface area contributed by atoms with Crippen LogP contribution in [0, 0.1) is 24.2 Å². The number of alkyl halides is 3. The van der Waals surface area contributed by atoms with Gasteiger partial charge in [0.25, 0.3) is 11.6 Å². The highest BCUT2D eigenvalue weighted by molar-refractivity contribution is 6.01. The molecule has 0 spiro atoms. The zero-order valence-corrected chi connectivity index (χ0v) is 17.0. The summed E-state index contributed by atoms with van der Waals surface area (Å²) in [4.78, 5) is 13.0. The molecule has 1 heterocycles. The average molecular weight is 412 g/mol. The standard InChI is InChI=1S/C21H27F3N2O3/c1-5-19(3,4)13-9-10-16-15(11-13)20(29,21(22,23)24)26(25-16)18(28)14-8-6-7-12(2)17(14)27/h6-8,13,15,27,29H,5,9-11H2,1-4H3/t13-,15+,20-/m1/s1. The molecule has 0 bridgehead atoms. The fourth-order valence-corrected chi connectivity index (χ4v) is 4.37. The van der Waals surface area contributed by atoms with Gasteiger partial charge in [-0.2, -0.15) is 23.3 Å². The van der Waals surface area contributed by atoms with E-state index in [4.69, 9.17) is 0 Å². The van der Waals surface area contributed by atoms with Crippen molar-refractivity contribution in [1.82, 2.24) is 5.01 Å². The fraction of sp³-hybridized carbons (Fsp3) is 0.619. The SMILES string of the molecule is CCC(C)(C)[C@@H]1CCC2=NN(C(=O)c3cccc(C)c3O)[C@](O)(C(F)(F)F)[C@H]2C1. The Kier molecular flexibility index (Phi) is 5.22. The Bertz CT molecular complexity index is 850. The van der Waals surface area contributed by atoms with Gasteiger partial charge in [0.1, 0.15) is 5.75 Å². The molecule has 2 N–H and O–H groups in total. The van der Waals surface area contributed by atoms with Crippen molar-refractivity contribution < 1.29 is 28.2 Å². The molecule has 0 aromatic heterocycles. The number of aliphatic hydroxyl groups is 1. The van der Waals surface area contributed by atoms with Gasteiger partial charge in [0.05, 0.1) is 11.5 Å². The largest absolute Gasteiger partial charge is 0.507 e. The minimum Gasteiger partial charge on any atom is -0.507 e. The minimum absolute atomic E-state index is 0.0345. The first-order valence-corrected chi connectivity index (χ1v) is 9.84. The Morgan fingerprint density at radius 3 is 2.59 bits per heavy atom. The molecule has 0 radical (unpaired) electrons. The van der Waals surface area contributed by atoms with Crippen molar-refractivity contribution >= 4 is 11.6 Å². The first kappa shape index (κ1) is 21.6. The van der Waals surface area contributed by atoms with Gasteiger partial charge in [-0.15, -0.1) is 0 Å². The predicted molar refractivity (Wildman–Crippen MR) is 102 cm³/mol. The molecule has 1 fully saturated rings. The molecule has 2 aliphatic rings. The van der Waals surface area contributed by atoms with Crippen molar-refractivity contribution in [2.75, 3.05) is 0 Å². The molecule has 1 aliphatic carbocycles. The van der Waals surface area contributed by atoms with Crippen LogP contribution in [0.4, 0.5) is 13.2 Å². The first-order valence-electron chi connectivity index (χ1n) is 9.84. The molecule has 1 aromatic rings. The Hall–Kier alpha value is -2.09. The van der Waals surface area contributed by atoms with Crippen molar-refractivity contribution in [3.63, 3.8) is 0 Å². The lowest BCUT2D eigenvalue weighted by molar-refractivity contribution is -0.314. The third-order valence-corrected chi connectivity index (χ3v) is 6.80. The molecule has 29 heavy (non-hydrogen) atoms. The molecule has 0 unspecified atom stereocenters. The van der Waals surface area contributed by atoms with Crippen LogP contribution in [0.5, 0.6) is 5.75 Å². The fourth-order valence-electron chi connectivity index (χ4n) is 4.37. The van der Waals surface area contributed by atoms with Gasteiger partial charge in [-0.05, 0) is 49.1 Å². The molecule has 8 heteroatoms. The van der Waals surface area contributed by atoms with E-state index >= 15 is 0 Å². The second-order valence-corrected chi connectivity index (χ2v) is 8.77. The monoisotopic (exact) mass is 412 g/mol. The van der Waals surface area contributed by atoms with E-state index in [9.17, 15) is 28.2 Å². The van der Waals surface area contributed by atoms with E-state index in [1.165, 1.54) is 25.1 Å². The number of carbonyl (C=O) groups excluding carboxylic acids is 1. The summed E-state index contributed by atoms with van der Waals surface area (Å²) in [6.07, 6.45) is -3.26. The van der Waals surface area contributed by atoms with Crippen LogP contribution < -0.4 is 0 Å². The van der Waals surface area contributed by atoms with Crippen molar-refractivity contribution in [3.8, 4) is 5.75 Å². The Morgan fingerprint density at radius 2 is 2.00 bits per heavy atom. The molecule has 1 aliphatic heterocycles. The highest BCUT2D eigenvalue weighted by atomic mass is 19.4. The minimum atomic E-state index is -5.10. The lowest BCUT2D eigenvalue weighted by Gasteiger charge is -2.43. The smallest absolute Gasteiger partial charge is 0.439 e. The third kappa shape index (κ3) is 3.31. The van der Waals surface area contributed by atoms with Gasteiger partial charge in [0.15, 0.2) is 0 Å². The Labute approximate surface area is 168 Å². The first-order chi connectivity index (χ1) is 13.3. The summed E-state index contributed by atoms with van der Waals surface area (Å²) >= 11 is 0. The van der Waals surface area contributed by atoms with E-state index in [2.05, 4.69) is 5.10 Å². The van der Waals surface area contributed by atoms with Gasteiger partial charge in [-0.1, -0.05) is 39.3 Å². The second kappa shape index (κ2) is 7.00. The number of hydrogen-bond donors (Lipinski definition) is 2. The topological polar surface area (TPSA) is 73.1 Å². The summed E-state index contributed by atoms with van der Waals surface area (Å²) in [6, 6.07) is 4.23. The van der Waals surface area contributed by atoms with Crippen molar-refractivity contribution in [2.45, 2.75) is 65.3 Å². The number of nitrogens with zero attached hydrogens (tertiary/aromatic N) is 2. The van der Waals surface area contributed by atoms with Crippen LogP contribution in [0.1, 0.15) is 62.4 Å². The molecule has 1 saturated carbocycles. The van der Waals surface area contributed by atoms with Gasteiger partial charge in [0, 0.05) is 5.71 Å². The summed E-state index contributed by atoms with van der Waals surface area (Å²) in [5.74, 6) is -2.93. The summed E-state index contributed by atoms with van der Waals surface area (Å²) in [5.41, 5.74) is -3.41. The summed E-state index contributed by atoms with van der Waals surface area (Å²) < 4.78 is 42.4. The molecule has 3 atom stereocenters. The number of halogens is 3. The number of hydrazone groups is 1. The molecule has 0 saturated heterocycles. The maximum absolute atomic E-state index is 14.1. The maximum Gasteiger partial charge on any atom is 0.439 e. The van der Waals surface area contributed by atoms with E-state index < -0.39 is 29.5 Å². The summed E-state index contributed by atoms with van der Waals surface area (Å²) in [5, 5.41) is 25.2. The highest BCUT2D eigenvalue weighted by Gasteiger charge is 2.69. The number of fused-ring (bicyclic) bond motifs is 1. The van der Waals surface area contributed by atoms with E-state index in [0.717, 1.165) is 6.42 Å². The normalized spacial score (nSPS) is 27.6. The van der Waals surface area contributed by atoms with Crippen LogP contribution >= 0.6 is 0 Å². The molecule has 5 nitrogen and oxygen atoms in total. The average Bonchev–Trinajstić information content (AvgIpc) is 2.97. The molecule has 160 valence electrons. The van der Waals surface area contributed by atoms with Crippen LogP contribution in [0.25, 0.3) is 0 Å². The maximum atomic E-state index is 14.1. The van der Waals surface area contributed by atoms with E-state index in [1.807, 2.05) is 20.8 Å². The number of amides is 1. The summed E-state index contributed by atoms with van der Waals surface area (Å²) in [7, 11) is 0. The molecular formula is C21H27F3N2O3. The molecular weight excluding hydrogens is 385 g/mol. The van der Waals surface area contributed by atoms with E-state index in [0.29, 0.717) is 18.4 Å². The van der Waals surface area contributed by atoms with Crippen molar-refractivity contribution in [2.24, 2.45) is 22.4 Å². The van der Waals surface area contributed by atoms with Gasteiger partial charge in [-0.25, -0.2) is 0 Å². The third-order valence-electron chi connectivity index (χ3n) is 6.80. The zero-order chi connectivity index (χ0) is 21.8. The van der Waals surface area contributed by atoms with Gasteiger partial charge < -0.3 is 10.2 Å². The second-order valence-electron chi connectivity index (χ2n) is 8.77. The van der Waals surface area contributed by atoms with Crippen molar-refractivity contribution in [3.05, 3.63) is 29.3 Å². The van der Waals surface area contributed by atoms with Crippen molar-refractivity contribution in [1.29, 1.82) is 0 Å².